The largest absolute Gasteiger partial charge is 0.495 e. The molecule has 0 aromatic heterocycles. The zero-order valence-corrected chi connectivity index (χ0v) is 19.4. The first kappa shape index (κ1) is 25.5. The highest BCUT2D eigenvalue weighted by Crippen LogP contribution is 2.30. The molecule has 0 bridgehead atoms. The summed E-state index contributed by atoms with van der Waals surface area (Å²) in [5, 5.41) is 2.76. The van der Waals surface area contributed by atoms with E-state index in [0.29, 0.717) is 12.0 Å². The molecule has 0 spiro atoms. The van der Waals surface area contributed by atoms with E-state index in [1.165, 1.54) is 31.4 Å². The van der Waals surface area contributed by atoms with Crippen molar-refractivity contribution in [2.45, 2.75) is 57.2 Å². The van der Waals surface area contributed by atoms with Gasteiger partial charge in [0.1, 0.15) is 16.4 Å². The van der Waals surface area contributed by atoms with Gasteiger partial charge < -0.3 is 14.8 Å². The van der Waals surface area contributed by atoms with Crippen LogP contribution >= 0.6 is 0 Å². The van der Waals surface area contributed by atoms with Crippen molar-refractivity contribution >= 4 is 15.9 Å². The maximum Gasteiger partial charge on any atom is 0.387 e. The zero-order valence-electron chi connectivity index (χ0n) is 18.6. The lowest BCUT2D eigenvalue weighted by Crippen LogP contribution is -2.40. The fourth-order valence-corrected chi connectivity index (χ4v) is 4.71. The summed E-state index contributed by atoms with van der Waals surface area (Å²) in [5.74, 6) is -0.526. The molecule has 32 heavy (non-hydrogen) atoms. The number of hydrogen-bond acceptors (Lipinski definition) is 5. The van der Waals surface area contributed by atoms with E-state index in [4.69, 9.17) is 4.74 Å². The number of para-hydroxylation sites is 1. The Bertz CT molecular complexity index is 1050. The lowest BCUT2D eigenvalue weighted by molar-refractivity contribution is -0.0507. The molecule has 1 amide bonds. The SMILES string of the molecule is CCC(NC(=O)c1ccc(OC)c(S(=O)(=O)NC(C)(C)C)c1)c1ccccc1OC(F)F. The molecule has 2 N–H and O–H groups in total. The molecule has 10 heteroatoms. The van der Waals surface area contributed by atoms with Gasteiger partial charge in [-0.25, -0.2) is 13.1 Å². The van der Waals surface area contributed by atoms with Crippen LogP contribution in [0, 0.1) is 0 Å². The number of halogens is 2. The highest BCUT2D eigenvalue weighted by atomic mass is 32.2. The van der Waals surface area contributed by atoms with Crippen LogP contribution in [0.15, 0.2) is 47.4 Å². The molecule has 2 aromatic carbocycles. The third-order valence-electron chi connectivity index (χ3n) is 4.38. The number of hydrogen-bond donors (Lipinski definition) is 2. The molecule has 0 fully saturated rings. The number of nitrogens with one attached hydrogen (secondary N) is 2. The van der Waals surface area contributed by atoms with E-state index in [1.54, 1.807) is 45.9 Å². The first-order valence-electron chi connectivity index (χ1n) is 9.94. The van der Waals surface area contributed by atoms with E-state index in [9.17, 15) is 22.0 Å². The number of amides is 1. The van der Waals surface area contributed by atoms with Crippen LogP contribution in [0.5, 0.6) is 11.5 Å². The monoisotopic (exact) mass is 470 g/mol. The van der Waals surface area contributed by atoms with Crippen molar-refractivity contribution in [1.82, 2.24) is 10.0 Å². The number of methoxy groups -OCH3 is 1. The Morgan fingerprint density at radius 1 is 1.09 bits per heavy atom. The molecule has 0 aliphatic carbocycles. The molecular formula is C22H28F2N2O5S. The van der Waals surface area contributed by atoms with Gasteiger partial charge in [-0.1, -0.05) is 25.1 Å². The van der Waals surface area contributed by atoms with Crippen LogP contribution < -0.4 is 19.5 Å². The molecule has 0 aliphatic heterocycles. The third-order valence-corrected chi connectivity index (χ3v) is 6.16. The van der Waals surface area contributed by atoms with Gasteiger partial charge in [-0.2, -0.15) is 8.78 Å². The van der Waals surface area contributed by atoms with Gasteiger partial charge in [-0.05, 0) is 51.5 Å². The molecule has 0 saturated carbocycles. The highest BCUT2D eigenvalue weighted by molar-refractivity contribution is 7.89. The van der Waals surface area contributed by atoms with Crippen molar-refractivity contribution in [1.29, 1.82) is 0 Å². The Kier molecular flexibility index (Phi) is 8.19. The quantitative estimate of drug-likeness (QED) is 0.571. The van der Waals surface area contributed by atoms with Crippen LogP contribution in [0.3, 0.4) is 0 Å². The van der Waals surface area contributed by atoms with Gasteiger partial charge in [0.2, 0.25) is 10.0 Å². The third kappa shape index (κ3) is 6.64. The second-order valence-electron chi connectivity index (χ2n) is 8.07. The molecule has 0 saturated heterocycles. The Morgan fingerprint density at radius 3 is 2.31 bits per heavy atom. The molecule has 1 atom stereocenters. The first-order chi connectivity index (χ1) is 14.9. The van der Waals surface area contributed by atoms with E-state index in [2.05, 4.69) is 14.8 Å². The second-order valence-corrected chi connectivity index (χ2v) is 9.72. The summed E-state index contributed by atoms with van der Waals surface area (Å²) in [7, 11) is -2.65. The van der Waals surface area contributed by atoms with Crippen LogP contribution in [0.2, 0.25) is 0 Å². The molecule has 2 rings (SSSR count). The molecule has 0 aliphatic rings. The second kappa shape index (κ2) is 10.3. The number of ether oxygens (including phenoxy) is 2. The average Bonchev–Trinajstić information content (AvgIpc) is 2.69. The fourth-order valence-electron chi connectivity index (χ4n) is 3.10. The lowest BCUT2D eigenvalue weighted by atomic mass is 10.0. The summed E-state index contributed by atoms with van der Waals surface area (Å²) in [6, 6.07) is 9.59. The van der Waals surface area contributed by atoms with Gasteiger partial charge in [0, 0.05) is 16.7 Å². The van der Waals surface area contributed by atoms with E-state index >= 15 is 0 Å². The van der Waals surface area contributed by atoms with Crippen LogP contribution in [0.4, 0.5) is 8.78 Å². The van der Waals surface area contributed by atoms with Crippen LogP contribution in [-0.2, 0) is 10.0 Å². The summed E-state index contributed by atoms with van der Waals surface area (Å²) in [6.07, 6.45) is 0.391. The molecule has 0 radical (unpaired) electrons. The maximum absolute atomic E-state index is 12.9. The number of carbonyl (C=O) groups excluding carboxylic acids is 1. The van der Waals surface area contributed by atoms with Gasteiger partial charge in [-0.3, -0.25) is 4.79 Å². The highest BCUT2D eigenvalue weighted by Gasteiger charge is 2.27. The molecular weight excluding hydrogens is 442 g/mol. The average molecular weight is 471 g/mol. The molecule has 1 unspecified atom stereocenters. The fraction of sp³-hybridized carbons (Fsp3) is 0.409. The standard InChI is InChI=1S/C22H28F2N2O5S/c1-6-16(15-9-7-8-10-17(15)31-21(23)24)25-20(27)14-11-12-18(30-5)19(13-14)32(28,29)26-22(2,3)4/h7-13,16,21,26H,6H2,1-5H3,(H,25,27). The molecule has 7 nitrogen and oxygen atoms in total. The van der Waals surface area contributed by atoms with Crippen LogP contribution in [0.1, 0.15) is 56.1 Å². The van der Waals surface area contributed by atoms with Crippen molar-refractivity contribution < 1.29 is 31.5 Å². The van der Waals surface area contributed by atoms with Gasteiger partial charge in [0.05, 0.1) is 13.2 Å². The Balaban J connectivity index is 2.38. The Morgan fingerprint density at radius 2 is 1.75 bits per heavy atom. The van der Waals surface area contributed by atoms with E-state index in [0.717, 1.165) is 0 Å². The summed E-state index contributed by atoms with van der Waals surface area (Å²) >= 11 is 0. The topological polar surface area (TPSA) is 93.7 Å². The van der Waals surface area contributed by atoms with Gasteiger partial charge in [-0.15, -0.1) is 0 Å². The number of rotatable bonds is 9. The maximum atomic E-state index is 12.9. The van der Waals surface area contributed by atoms with Crippen molar-refractivity contribution in [2.24, 2.45) is 0 Å². The number of benzene rings is 2. The van der Waals surface area contributed by atoms with Gasteiger partial charge in [0.25, 0.3) is 5.91 Å². The Hall–Kier alpha value is -2.72. The smallest absolute Gasteiger partial charge is 0.387 e. The van der Waals surface area contributed by atoms with E-state index in [-0.39, 0.29) is 22.0 Å². The number of alkyl halides is 2. The van der Waals surface area contributed by atoms with Crippen LogP contribution in [-0.4, -0.2) is 33.6 Å². The molecule has 0 heterocycles. The minimum absolute atomic E-state index is 0.0398. The number of sulfonamides is 1. The van der Waals surface area contributed by atoms with Crippen LogP contribution in [0.25, 0.3) is 0 Å². The lowest BCUT2D eigenvalue weighted by Gasteiger charge is -2.22. The summed E-state index contributed by atoms with van der Waals surface area (Å²) in [6.45, 7) is 3.85. The van der Waals surface area contributed by atoms with Gasteiger partial charge >= 0.3 is 6.61 Å². The van der Waals surface area contributed by atoms with Gasteiger partial charge in [0.15, 0.2) is 0 Å². The van der Waals surface area contributed by atoms with E-state index in [1.807, 2.05) is 0 Å². The van der Waals surface area contributed by atoms with Crippen molar-refractivity contribution in [3.8, 4) is 11.5 Å². The predicted molar refractivity (Wildman–Crippen MR) is 117 cm³/mol. The molecule has 176 valence electrons. The summed E-state index contributed by atoms with van der Waals surface area (Å²) < 4.78 is 63.5. The van der Waals surface area contributed by atoms with Crippen molar-refractivity contribution in [2.75, 3.05) is 7.11 Å². The number of carbonyl (C=O) groups is 1. The summed E-state index contributed by atoms with van der Waals surface area (Å²) in [4.78, 5) is 12.7. The van der Waals surface area contributed by atoms with E-state index < -0.39 is 34.1 Å². The minimum Gasteiger partial charge on any atom is -0.495 e. The predicted octanol–water partition coefficient (Wildman–Crippen LogP) is 4.25. The van der Waals surface area contributed by atoms with Crippen molar-refractivity contribution in [3.63, 3.8) is 0 Å². The molecule has 2 aromatic rings. The zero-order chi connectivity index (χ0) is 24.1. The minimum atomic E-state index is -3.98. The Labute approximate surface area is 187 Å². The normalized spacial score (nSPS) is 13.0. The van der Waals surface area contributed by atoms with Crippen molar-refractivity contribution in [3.05, 3.63) is 53.6 Å². The first-order valence-corrected chi connectivity index (χ1v) is 11.4. The summed E-state index contributed by atoms with van der Waals surface area (Å²) in [5.41, 5.74) is -0.283.